The zero-order chi connectivity index (χ0) is 27.1. The van der Waals surface area contributed by atoms with E-state index in [0.29, 0.717) is 24.2 Å². The van der Waals surface area contributed by atoms with E-state index in [-0.39, 0.29) is 24.0 Å². The maximum absolute atomic E-state index is 14.4. The second-order valence-electron chi connectivity index (χ2n) is 10.8. The Morgan fingerprint density at radius 2 is 1.82 bits per heavy atom. The number of hydrogen-bond donors (Lipinski definition) is 2. The molecule has 1 aliphatic carbocycles. The predicted molar refractivity (Wildman–Crippen MR) is 150 cm³/mol. The van der Waals surface area contributed by atoms with Crippen molar-refractivity contribution in [2.24, 2.45) is 16.8 Å². The van der Waals surface area contributed by atoms with Gasteiger partial charge in [0, 0.05) is 24.5 Å². The van der Waals surface area contributed by atoms with Crippen LogP contribution < -0.4 is 21.0 Å². The van der Waals surface area contributed by atoms with E-state index >= 15 is 0 Å². The van der Waals surface area contributed by atoms with E-state index in [4.69, 9.17) is 10.8 Å². The highest BCUT2D eigenvalue weighted by Crippen LogP contribution is 2.40. The molecule has 2 fully saturated rings. The van der Waals surface area contributed by atoms with Gasteiger partial charge in [-0.2, -0.15) is 10.2 Å². The van der Waals surface area contributed by atoms with Gasteiger partial charge in [-0.1, -0.05) is 38.3 Å². The van der Waals surface area contributed by atoms with Gasteiger partial charge < -0.3 is 16.0 Å². The fourth-order valence-corrected chi connectivity index (χ4v) is 5.99. The van der Waals surface area contributed by atoms with Crippen molar-refractivity contribution in [3.05, 3.63) is 60.3 Å². The number of amides is 1. The minimum absolute atomic E-state index is 0.0204. The van der Waals surface area contributed by atoms with Crippen LogP contribution >= 0.6 is 0 Å². The van der Waals surface area contributed by atoms with Crippen LogP contribution in [-0.2, 0) is 4.79 Å². The summed E-state index contributed by atoms with van der Waals surface area (Å²) in [5.41, 5.74) is 8.71. The third kappa shape index (κ3) is 4.78. The minimum Gasteiger partial charge on any atom is -0.367 e. The molecule has 1 aromatic heterocycles. The number of rotatable bonds is 5. The lowest BCUT2D eigenvalue weighted by atomic mass is 9.95. The van der Waals surface area contributed by atoms with Gasteiger partial charge in [-0.3, -0.25) is 14.5 Å². The number of carbonyl (C=O) groups excluding carboxylic acids is 1. The number of anilines is 3. The summed E-state index contributed by atoms with van der Waals surface area (Å²) in [6.07, 6.45) is 11.0. The van der Waals surface area contributed by atoms with Crippen molar-refractivity contribution in [1.29, 1.82) is 0 Å². The van der Waals surface area contributed by atoms with Gasteiger partial charge in [-0.25, -0.2) is 8.78 Å². The standard InChI is InChI=1S/C29H33F2N7O/c1-18-16-36(17-23(18)32)27-20-15-33-38(19-7-3-2-4-8-19)26(20)13-12-24(27)34-29(39)25-11-6-14-37(35-25)28-21(30)9-5-10-22(28)31/h5-6,9-13,15,18-19,23H,2-4,7-8,14,16-17,32H2,1H3,(H,34,39)/t18-,23+/m1/s1. The maximum Gasteiger partial charge on any atom is 0.276 e. The Morgan fingerprint density at radius 1 is 1.05 bits per heavy atom. The number of aromatic nitrogens is 2. The van der Waals surface area contributed by atoms with E-state index in [0.717, 1.165) is 36.0 Å². The van der Waals surface area contributed by atoms with Crippen molar-refractivity contribution in [1.82, 2.24) is 9.78 Å². The Hall–Kier alpha value is -3.79. The van der Waals surface area contributed by atoms with Crippen LogP contribution in [0.25, 0.3) is 10.9 Å². The molecule has 3 aliphatic rings. The molecule has 10 heteroatoms. The number of hydrogen-bond acceptors (Lipinski definition) is 6. The van der Waals surface area contributed by atoms with E-state index in [9.17, 15) is 13.6 Å². The highest BCUT2D eigenvalue weighted by molar-refractivity contribution is 6.47. The molecule has 0 bridgehead atoms. The van der Waals surface area contributed by atoms with Crippen LogP contribution in [-0.4, -0.2) is 47.1 Å². The molecule has 0 unspecified atom stereocenters. The molecule has 1 saturated carbocycles. The molecule has 8 nitrogen and oxygen atoms in total. The zero-order valence-corrected chi connectivity index (χ0v) is 22.0. The summed E-state index contributed by atoms with van der Waals surface area (Å²) in [7, 11) is 0. The van der Waals surface area contributed by atoms with E-state index in [1.807, 2.05) is 18.3 Å². The Labute approximate surface area is 226 Å². The lowest BCUT2D eigenvalue weighted by Crippen LogP contribution is -2.31. The molecule has 0 spiro atoms. The van der Waals surface area contributed by atoms with Gasteiger partial charge in [-0.05, 0) is 49.1 Å². The number of hydrazone groups is 1. The van der Waals surface area contributed by atoms with Gasteiger partial charge in [0.05, 0.1) is 35.7 Å². The zero-order valence-electron chi connectivity index (χ0n) is 22.0. The normalized spacial score (nSPS) is 22.0. The molecule has 204 valence electrons. The average molecular weight is 534 g/mol. The third-order valence-electron chi connectivity index (χ3n) is 8.12. The van der Waals surface area contributed by atoms with Crippen molar-refractivity contribution >= 4 is 39.6 Å². The van der Waals surface area contributed by atoms with Crippen LogP contribution in [0.15, 0.2) is 53.8 Å². The molecule has 2 atom stereocenters. The van der Waals surface area contributed by atoms with Crippen LogP contribution in [0.5, 0.6) is 0 Å². The fourth-order valence-electron chi connectivity index (χ4n) is 5.99. The number of halogens is 2. The summed E-state index contributed by atoms with van der Waals surface area (Å²) in [6.45, 7) is 3.71. The number of para-hydroxylation sites is 1. The molecule has 1 amide bonds. The number of nitrogens with zero attached hydrogens (tertiary/aromatic N) is 5. The molecule has 3 heterocycles. The molecule has 1 saturated heterocycles. The summed E-state index contributed by atoms with van der Waals surface area (Å²) >= 11 is 0. The summed E-state index contributed by atoms with van der Waals surface area (Å²) < 4.78 is 30.9. The first kappa shape index (κ1) is 25.5. The lowest BCUT2D eigenvalue weighted by Gasteiger charge is -2.26. The largest absolute Gasteiger partial charge is 0.367 e. The van der Waals surface area contributed by atoms with Crippen molar-refractivity contribution in [2.45, 2.75) is 51.1 Å². The first-order valence-electron chi connectivity index (χ1n) is 13.7. The number of nitrogens with two attached hydrogens (primary N) is 1. The van der Waals surface area contributed by atoms with Crippen molar-refractivity contribution in [3.8, 4) is 0 Å². The molecule has 2 aliphatic heterocycles. The number of carbonyl (C=O) groups is 1. The molecule has 0 radical (unpaired) electrons. The molecular weight excluding hydrogens is 500 g/mol. The second kappa shape index (κ2) is 10.4. The summed E-state index contributed by atoms with van der Waals surface area (Å²) in [5.74, 6) is -1.65. The van der Waals surface area contributed by atoms with E-state index in [1.165, 1.54) is 42.5 Å². The van der Waals surface area contributed by atoms with Crippen LogP contribution in [0.1, 0.15) is 45.1 Å². The highest BCUT2D eigenvalue weighted by Gasteiger charge is 2.31. The highest BCUT2D eigenvalue weighted by atomic mass is 19.1. The number of fused-ring (bicyclic) bond motifs is 1. The van der Waals surface area contributed by atoms with Gasteiger partial charge in [0.2, 0.25) is 0 Å². The Bertz CT molecular complexity index is 1430. The van der Waals surface area contributed by atoms with Gasteiger partial charge >= 0.3 is 0 Å². The fraction of sp³-hybridized carbons (Fsp3) is 0.414. The first-order valence-corrected chi connectivity index (χ1v) is 13.7. The molecule has 2 aromatic carbocycles. The quantitative estimate of drug-likeness (QED) is 0.483. The monoisotopic (exact) mass is 533 g/mol. The Kier molecular flexibility index (Phi) is 6.80. The second-order valence-corrected chi connectivity index (χ2v) is 10.8. The van der Waals surface area contributed by atoms with Gasteiger partial charge in [-0.15, -0.1) is 0 Å². The Balaban J connectivity index is 1.35. The molecule has 39 heavy (non-hydrogen) atoms. The number of nitrogens with one attached hydrogen (secondary N) is 1. The van der Waals surface area contributed by atoms with E-state index < -0.39 is 17.5 Å². The summed E-state index contributed by atoms with van der Waals surface area (Å²) in [5, 5.41) is 14.2. The van der Waals surface area contributed by atoms with Crippen LogP contribution in [0, 0.1) is 17.6 Å². The van der Waals surface area contributed by atoms with Gasteiger partial charge in [0.1, 0.15) is 11.4 Å². The van der Waals surface area contributed by atoms with Crippen LogP contribution in [0.2, 0.25) is 0 Å². The third-order valence-corrected chi connectivity index (χ3v) is 8.12. The predicted octanol–water partition coefficient (Wildman–Crippen LogP) is 4.97. The van der Waals surface area contributed by atoms with Crippen molar-refractivity contribution in [2.75, 3.05) is 34.9 Å². The molecular formula is C29H33F2N7O. The first-order chi connectivity index (χ1) is 18.9. The summed E-state index contributed by atoms with van der Waals surface area (Å²) in [4.78, 5) is 15.6. The molecule has 6 rings (SSSR count). The molecule has 3 aromatic rings. The van der Waals surface area contributed by atoms with E-state index in [2.05, 4.69) is 26.9 Å². The Morgan fingerprint density at radius 3 is 2.54 bits per heavy atom. The van der Waals surface area contributed by atoms with Crippen LogP contribution in [0.4, 0.5) is 25.8 Å². The smallest absolute Gasteiger partial charge is 0.276 e. The number of benzene rings is 2. The van der Waals surface area contributed by atoms with Crippen molar-refractivity contribution < 1.29 is 13.6 Å². The minimum atomic E-state index is -0.740. The lowest BCUT2D eigenvalue weighted by molar-refractivity contribution is -0.110. The SMILES string of the molecule is C[C@@H]1CN(c2c(NC(=O)C3=NN(c4c(F)cccc4F)CC=C3)ccc3c2cnn3C2CCCCC2)C[C@@H]1N. The molecule has 3 N–H and O–H groups in total. The van der Waals surface area contributed by atoms with Gasteiger partial charge in [0.25, 0.3) is 5.91 Å². The van der Waals surface area contributed by atoms with Gasteiger partial charge in [0.15, 0.2) is 11.6 Å². The summed E-state index contributed by atoms with van der Waals surface area (Å²) in [6, 6.07) is 7.94. The topological polar surface area (TPSA) is 91.8 Å². The van der Waals surface area contributed by atoms with E-state index in [1.54, 1.807) is 12.2 Å². The van der Waals surface area contributed by atoms with Crippen LogP contribution in [0.3, 0.4) is 0 Å². The average Bonchev–Trinajstić information content (AvgIpc) is 3.51. The van der Waals surface area contributed by atoms with Crippen molar-refractivity contribution in [3.63, 3.8) is 0 Å². The maximum atomic E-state index is 14.4.